The molecule has 0 unspecified atom stereocenters. The molecule has 4 rings (SSSR count). The van der Waals surface area contributed by atoms with Crippen molar-refractivity contribution in [3.05, 3.63) is 48.3 Å². The first-order valence-electron chi connectivity index (χ1n) is 10.6. The molecule has 2 aliphatic heterocycles. The van der Waals surface area contributed by atoms with Gasteiger partial charge in [0.15, 0.2) is 0 Å². The van der Waals surface area contributed by atoms with Gasteiger partial charge in [0.2, 0.25) is 0 Å². The van der Waals surface area contributed by atoms with Gasteiger partial charge in [-0.1, -0.05) is 25.0 Å². The van der Waals surface area contributed by atoms with Gasteiger partial charge in [-0.25, -0.2) is 4.98 Å². The molecule has 2 aromatic rings. The summed E-state index contributed by atoms with van der Waals surface area (Å²) in [5, 5.41) is 0. The summed E-state index contributed by atoms with van der Waals surface area (Å²) in [5.74, 6) is 0.894. The molecule has 0 saturated carbocycles. The standard InChI is InChI=1S/C23H30N4O2/c1-29-22-9-5-4-8-21(22)26-14-16-27(17-15-26)23(28)20-11-10-19(18-24-20)25-12-6-2-3-7-13-25/h4-5,8-11,18H,2-3,6-7,12-17H2,1H3. The summed E-state index contributed by atoms with van der Waals surface area (Å²) < 4.78 is 5.47. The number of piperazine rings is 1. The predicted octanol–water partition coefficient (Wildman–Crippen LogP) is 3.43. The average molecular weight is 395 g/mol. The molecule has 2 saturated heterocycles. The van der Waals surface area contributed by atoms with Gasteiger partial charge in [-0.3, -0.25) is 4.79 Å². The van der Waals surface area contributed by atoms with Crippen LogP contribution in [0, 0.1) is 0 Å². The van der Waals surface area contributed by atoms with Crippen LogP contribution in [0.3, 0.4) is 0 Å². The highest BCUT2D eigenvalue weighted by Gasteiger charge is 2.24. The number of hydrogen-bond donors (Lipinski definition) is 0. The number of hydrogen-bond acceptors (Lipinski definition) is 5. The van der Waals surface area contributed by atoms with E-state index in [0.29, 0.717) is 18.8 Å². The first-order chi connectivity index (χ1) is 14.3. The number of pyridine rings is 1. The molecule has 2 aliphatic rings. The van der Waals surface area contributed by atoms with E-state index >= 15 is 0 Å². The first kappa shape index (κ1) is 19.6. The number of benzene rings is 1. The molecular formula is C23H30N4O2. The summed E-state index contributed by atoms with van der Waals surface area (Å²) in [6.07, 6.45) is 6.95. The molecule has 3 heterocycles. The van der Waals surface area contributed by atoms with Crippen molar-refractivity contribution in [3.63, 3.8) is 0 Å². The minimum absolute atomic E-state index is 0.0205. The maximum Gasteiger partial charge on any atom is 0.272 e. The zero-order valence-corrected chi connectivity index (χ0v) is 17.2. The number of amides is 1. The van der Waals surface area contributed by atoms with Gasteiger partial charge >= 0.3 is 0 Å². The molecular weight excluding hydrogens is 364 g/mol. The van der Waals surface area contributed by atoms with Crippen LogP contribution >= 0.6 is 0 Å². The van der Waals surface area contributed by atoms with Crippen molar-refractivity contribution in [1.82, 2.24) is 9.88 Å². The normalized spacial score (nSPS) is 17.8. The highest BCUT2D eigenvalue weighted by Crippen LogP contribution is 2.28. The largest absolute Gasteiger partial charge is 0.495 e. The Morgan fingerprint density at radius 2 is 1.59 bits per heavy atom. The zero-order valence-electron chi connectivity index (χ0n) is 17.2. The first-order valence-corrected chi connectivity index (χ1v) is 10.6. The summed E-state index contributed by atoms with van der Waals surface area (Å²) in [7, 11) is 1.69. The maximum absolute atomic E-state index is 12.9. The van der Waals surface area contributed by atoms with Gasteiger partial charge in [0.1, 0.15) is 11.4 Å². The predicted molar refractivity (Wildman–Crippen MR) is 116 cm³/mol. The quantitative estimate of drug-likeness (QED) is 0.795. The van der Waals surface area contributed by atoms with E-state index < -0.39 is 0 Å². The number of nitrogens with zero attached hydrogens (tertiary/aromatic N) is 4. The van der Waals surface area contributed by atoms with E-state index in [4.69, 9.17) is 4.74 Å². The van der Waals surface area contributed by atoms with E-state index in [-0.39, 0.29) is 5.91 Å². The van der Waals surface area contributed by atoms with E-state index in [1.165, 1.54) is 25.7 Å². The van der Waals surface area contributed by atoms with Crippen molar-refractivity contribution in [3.8, 4) is 5.75 Å². The molecule has 29 heavy (non-hydrogen) atoms. The lowest BCUT2D eigenvalue weighted by Crippen LogP contribution is -2.49. The zero-order chi connectivity index (χ0) is 20.1. The Hall–Kier alpha value is -2.76. The number of ether oxygens (including phenoxy) is 1. The summed E-state index contributed by atoms with van der Waals surface area (Å²) in [6, 6.07) is 12.0. The fourth-order valence-corrected chi connectivity index (χ4v) is 4.23. The van der Waals surface area contributed by atoms with E-state index in [9.17, 15) is 4.79 Å². The highest BCUT2D eigenvalue weighted by atomic mass is 16.5. The van der Waals surface area contributed by atoms with Crippen molar-refractivity contribution in [1.29, 1.82) is 0 Å². The molecule has 0 N–H and O–H groups in total. The Bertz CT molecular complexity index is 808. The Morgan fingerprint density at radius 3 is 2.24 bits per heavy atom. The number of anilines is 2. The van der Waals surface area contributed by atoms with Crippen molar-refractivity contribution < 1.29 is 9.53 Å². The van der Waals surface area contributed by atoms with Crippen molar-refractivity contribution in [2.75, 3.05) is 56.2 Å². The van der Waals surface area contributed by atoms with Gasteiger partial charge in [-0.05, 0) is 37.1 Å². The number of rotatable bonds is 4. The second-order valence-electron chi connectivity index (χ2n) is 7.75. The van der Waals surface area contributed by atoms with E-state index in [2.05, 4.69) is 26.9 Å². The van der Waals surface area contributed by atoms with Crippen LogP contribution in [0.4, 0.5) is 11.4 Å². The van der Waals surface area contributed by atoms with Crippen LogP contribution < -0.4 is 14.5 Å². The molecule has 0 bridgehead atoms. The van der Waals surface area contributed by atoms with Gasteiger partial charge in [-0.2, -0.15) is 0 Å². The Labute approximate surface area is 173 Å². The molecule has 0 aliphatic carbocycles. The average Bonchev–Trinajstić information content (AvgIpc) is 3.08. The van der Waals surface area contributed by atoms with Gasteiger partial charge in [0.25, 0.3) is 5.91 Å². The third-order valence-electron chi connectivity index (χ3n) is 5.93. The highest BCUT2D eigenvalue weighted by molar-refractivity contribution is 5.92. The van der Waals surface area contributed by atoms with Crippen LogP contribution in [0.15, 0.2) is 42.6 Å². The number of aromatic nitrogens is 1. The lowest BCUT2D eigenvalue weighted by Gasteiger charge is -2.36. The molecule has 1 aromatic heterocycles. The molecule has 6 heteroatoms. The second-order valence-corrected chi connectivity index (χ2v) is 7.75. The summed E-state index contributed by atoms with van der Waals surface area (Å²) in [4.78, 5) is 24.0. The van der Waals surface area contributed by atoms with Crippen LogP contribution in [-0.4, -0.2) is 62.2 Å². The van der Waals surface area contributed by atoms with Crippen LogP contribution in [0.25, 0.3) is 0 Å². The van der Waals surface area contributed by atoms with Crippen molar-refractivity contribution >= 4 is 17.3 Å². The fraction of sp³-hybridized carbons (Fsp3) is 0.478. The van der Waals surface area contributed by atoms with Crippen molar-refractivity contribution in [2.24, 2.45) is 0 Å². The third-order valence-corrected chi connectivity index (χ3v) is 5.93. The van der Waals surface area contributed by atoms with Gasteiger partial charge in [0, 0.05) is 39.3 Å². The summed E-state index contributed by atoms with van der Waals surface area (Å²) in [6.45, 7) is 5.12. The molecule has 0 spiro atoms. The van der Waals surface area contributed by atoms with E-state index in [1.807, 2.05) is 35.4 Å². The summed E-state index contributed by atoms with van der Waals surface area (Å²) in [5.41, 5.74) is 2.75. The maximum atomic E-state index is 12.9. The van der Waals surface area contributed by atoms with Gasteiger partial charge in [0.05, 0.1) is 24.7 Å². The number of carbonyl (C=O) groups is 1. The molecule has 2 fully saturated rings. The molecule has 0 radical (unpaired) electrons. The lowest BCUT2D eigenvalue weighted by molar-refractivity contribution is 0.0741. The molecule has 6 nitrogen and oxygen atoms in total. The molecule has 154 valence electrons. The number of para-hydroxylation sites is 2. The van der Waals surface area contributed by atoms with E-state index in [0.717, 1.165) is 43.3 Å². The van der Waals surface area contributed by atoms with E-state index in [1.54, 1.807) is 7.11 Å². The smallest absolute Gasteiger partial charge is 0.272 e. The SMILES string of the molecule is COc1ccccc1N1CCN(C(=O)c2ccc(N3CCCCCC3)cn2)CC1. The second kappa shape index (κ2) is 9.16. The summed E-state index contributed by atoms with van der Waals surface area (Å²) >= 11 is 0. The topological polar surface area (TPSA) is 48.9 Å². The Kier molecular flexibility index (Phi) is 6.17. The monoisotopic (exact) mass is 394 g/mol. The minimum Gasteiger partial charge on any atom is -0.495 e. The van der Waals surface area contributed by atoms with Gasteiger partial charge in [-0.15, -0.1) is 0 Å². The van der Waals surface area contributed by atoms with Crippen LogP contribution in [0.2, 0.25) is 0 Å². The Morgan fingerprint density at radius 1 is 0.862 bits per heavy atom. The van der Waals surface area contributed by atoms with Crippen LogP contribution in [0.1, 0.15) is 36.2 Å². The lowest BCUT2D eigenvalue weighted by atomic mass is 10.2. The molecule has 1 aromatic carbocycles. The minimum atomic E-state index is 0.0205. The van der Waals surface area contributed by atoms with Gasteiger partial charge < -0.3 is 19.4 Å². The van der Waals surface area contributed by atoms with Crippen molar-refractivity contribution in [2.45, 2.75) is 25.7 Å². The van der Waals surface area contributed by atoms with Crippen LogP contribution in [0.5, 0.6) is 5.75 Å². The fourth-order valence-electron chi connectivity index (χ4n) is 4.23. The third kappa shape index (κ3) is 4.47. The number of carbonyl (C=O) groups excluding carboxylic acids is 1. The molecule has 1 amide bonds. The Balaban J connectivity index is 1.37. The number of methoxy groups -OCH3 is 1. The van der Waals surface area contributed by atoms with Crippen LogP contribution in [-0.2, 0) is 0 Å². The molecule has 0 atom stereocenters.